The molecule has 1 atom stereocenters. The highest BCUT2D eigenvalue weighted by molar-refractivity contribution is 6.33. The lowest BCUT2D eigenvalue weighted by Crippen LogP contribution is -2.42. The molecule has 0 saturated heterocycles. The van der Waals surface area contributed by atoms with E-state index in [0.29, 0.717) is 5.41 Å². The number of hydrogen-bond donors (Lipinski definition) is 2. The van der Waals surface area contributed by atoms with Crippen molar-refractivity contribution >= 4 is 17.3 Å². The maximum Gasteiger partial charge on any atom is 0.0661 e. The van der Waals surface area contributed by atoms with E-state index >= 15 is 0 Å². The molecule has 0 aromatic heterocycles. The largest absolute Gasteiger partial charge is 0.394 e. The summed E-state index contributed by atoms with van der Waals surface area (Å²) in [6, 6.07) is 7.76. The van der Waals surface area contributed by atoms with Crippen LogP contribution < -0.4 is 5.32 Å². The minimum absolute atomic E-state index is 0.161. The Kier molecular flexibility index (Phi) is 4.42. The molecule has 1 saturated carbocycles. The zero-order valence-corrected chi connectivity index (χ0v) is 12.6. The number of aliphatic hydroxyl groups excluding tert-OH is 1. The van der Waals surface area contributed by atoms with Gasteiger partial charge in [-0.1, -0.05) is 44.0 Å². The molecule has 1 fully saturated rings. The van der Waals surface area contributed by atoms with Gasteiger partial charge in [0.1, 0.15) is 0 Å². The van der Waals surface area contributed by atoms with Crippen LogP contribution >= 0.6 is 11.6 Å². The summed E-state index contributed by atoms with van der Waals surface area (Å²) in [4.78, 5) is 0. The summed E-state index contributed by atoms with van der Waals surface area (Å²) in [7, 11) is 0. The zero-order chi connectivity index (χ0) is 13.9. The predicted molar refractivity (Wildman–Crippen MR) is 81.8 cm³/mol. The fraction of sp³-hybridized carbons (Fsp3) is 0.625. The van der Waals surface area contributed by atoms with Gasteiger partial charge in [0, 0.05) is 0 Å². The summed E-state index contributed by atoms with van der Waals surface area (Å²) in [6.07, 6.45) is 5.48. The summed E-state index contributed by atoms with van der Waals surface area (Å²) in [5.74, 6) is 0. The molecule has 0 aliphatic heterocycles. The third kappa shape index (κ3) is 3.64. The number of halogens is 1. The van der Waals surface area contributed by atoms with Gasteiger partial charge < -0.3 is 10.4 Å². The molecule has 1 aromatic carbocycles. The molecule has 1 aliphatic carbocycles. The van der Waals surface area contributed by atoms with E-state index in [-0.39, 0.29) is 12.1 Å². The van der Waals surface area contributed by atoms with Gasteiger partial charge in [0.05, 0.1) is 22.9 Å². The smallest absolute Gasteiger partial charge is 0.0661 e. The van der Waals surface area contributed by atoms with Gasteiger partial charge in [0.15, 0.2) is 0 Å². The Morgan fingerprint density at radius 1 is 1.16 bits per heavy atom. The third-order valence-corrected chi connectivity index (χ3v) is 4.70. The summed E-state index contributed by atoms with van der Waals surface area (Å²) in [5, 5.41) is 14.1. The molecule has 1 aromatic rings. The van der Waals surface area contributed by atoms with Crippen molar-refractivity contribution < 1.29 is 5.11 Å². The predicted octanol–water partition coefficient (Wildman–Crippen LogP) is 4.47. The summed E-state index contributed by atoms with van der Waals surface area (Å²) < 4.78 is 0. The minimum atomic E-state index is -0.223. The highest BCUT2D eigenvalue weighted by Gasteiger charge is 2.35. The van der Waals surface area contributed by atoms with Gasteiger partial charge in [0.2, 0.25) is 0 Å². The summed E-state index contributed by atoms with van der Waals surface area (Å²) in [5.41, 5.74) is 1.08. The number of hydrogen-bond acceptors (Lipinski definition) is 2. The van der Waals surface area contributed by atoms with Crippen LogP contribution in [0.1, 0.15) is 46.0 Å². The monoisotopic (exact) mass is 281 g/mol. The summed E-state index contributed by atoms with van der Waals surface area (Å²) in [6.45, 7) is 4.79. The second-order valence-corrected chi connectivity index (χ2v) is 6.97. The van der Waals surface area contributed by atoms with E-state index in [9.17, 15) is 5.11 Å². The lowest BCUT2D eigenvalue weighted by atomic mass is 9.83. The van der Waals surface area contributed by atoms with Gasteiger partial charge >= 0.3 is 0 Å². The number of para-hydroxylation sites is 1. The normalized spacial score (nSPS) is 26.7. The van der Waals surface area contributed by atoms with Crippen molar-refractivity contribution in [2.45, 2.75) is 51.5 Å². The van der Waals surface area contributed by atoms with Crippen LogP contribution in [-0.4, -0.2) is 17.3 Å². The highest BCUT2D eigenvalue weighted by Crippen LogP contribution is 2.40. The first kappa shape index (κ1) is 14.7. The van der Waals surface area contributed by atoms with Crippen molar-refractivity contribution in [2.24, 2.45) is 5.41 Å². The van der Waals surface area contributed by atoms with Gasteiger partial charge in [-0.2, -0.15) is 0 Å². The van der Waals surface area contributed by atoms with Gasteiger partial charge in [-0.25, -0.2) is 0 Å². The van der Waals surface area contributed by atoms with Gasteiger partial charge in [-0.15, -0.1) is 0 Å². The van der Waals surface area contributed by atoms with Crippen LogP contribution in [0.4, 0.5) is 5.69 Å². The second kappa shape index (κ2) is 5.72. The molecule has 2 rings (SSSR count). The van der Waals surface area contributed by atoms with Crippen molar-refractivity contribution in [1.29, 1.82) is 0 Å². The summed E-state index contributed by atoms with van der Waals surface area (Å²) >= 11 is 6.22. The molecule has 19 heavy (non-hydrogen) atoms. The van der Waals surface area contributed by atoms with E-state index in [2.05, 4.69) is 19.2 Å². The van der Waals surface area contributed by atoms with Crippen LogP contribution in [0.2, 0.25) is 5.02 Å². The van der Waals surface area contributed by atoms with Crippen molar-refractivity contribution in [1.82, 2.24) is 0 Å². The lowest BCUT2D eigenvalue weighted by Gasteiger charge is -2.34. The first-order valence-corrected chi connectivity index (χ1v) is 7.48. The topological polar surface area (TPSA) is 32.3 Å². The van der Waals surface area contributed by atoms with E-state index in [1.54, 1.807) is 0 Å². The Labute approximate surface area is 121 Å². The molecule has 2 nitrogen and oxygen atoms in total. The number of anilines is 1. The van der Waals surface area contributed by atoms with Crippen LogP contribution in [0, 0.1) is 5.41 Å². The molecule has 0 bridgehead atoms. The first-order valence-electron chi connectivity index (χ1n) is 7.10. The Morgan fingerprint density at radius 3 is 2.58 bits per heavy atom. The first-order chi connectivity index (χ1) is 8.96. The number of benzene rings is 1. The highest BCUT2D eigenvalue weighted by atomic mass is 35.5. The average Bonchev–Trinajstić information content (AvgIpc) is 2.52. The molecular weight excluding hydrogens is 258 g/mol. The van der Waals surface area contributed by atoms with Crippen LogP contribution in [0.5, 0.6) is 0 Å². The van der Waals surface area contributed by atoms with Gasteiger partial charge in [-0.3, -0.25) is 0 Å². The molecule has 1 aliphatic rings. The molecule has 0 radical (unpaired) electrons. The Balaban J connectivity index is 2.17. The van der Waals surface area contributed by atoms with E-state index in [1.807, 2.05) is 24.3 Å². The molecule has 106 valence electrons. The van der Waals surface area contributed by atoms with Crippen LogP contribution in [-0.2, 0) is 0 Å². The van der Waals surface area contributed by atoms with Crippen molar-refractivity contribution in [3.63, 3.8) is 0 Å². The van der Waals surface area contributed by atoms with Crippen molar-refractivity contribution in [2.75, 3.05) is 11.9 Å². The Bertz CT molecular complexity index is 433. The van der Waals surface area contributed by atoms with Crippen molar-refractivity contribution in [3.05, 3.63) is 29.3 Å². The lowest BCUT2D eigenvalue weighted by molar-refractivity contribution is 0.191. The molecule has 3 heteroatoms. The molecular formula is C16H24ClNO. The van der Waals surface area contributed by atoms with Gasteiger partial charge in [-0.05, 0) is 43.2 Å². The maximum atomic E-state index is 9.88. The van der Waals surface area contributed by atoms with Crippen LogP contribution in [0.15, 0.2) is 24.3 Å². The molecule has 0 heterocycles. The molecule has 2 N–H and O–H groups in total. The van der Waals surface area contributed by atoms with Gasteiger partial charge in [0.25, 0.3) is 0 Å². The fourth-order valence-electron chi connectivity index (χ4n) is 2.90. The van der Waals surface area contributed by atoms with E-state index < -0.39 is 0 Å². The fourth-order valence-corrected chi connectivity index (χ4v) is 3.09. The number of aliphatic hydroxyl groups is 1. The molecule has 1 unspecified atom stereocenters. The maximum absolute atomic E-state index is 9.88. The number of nitrogens with one attached hydrogen (secondary N) is 1. The number of rotatable bonds is 3. The van der Waals surface area contributed by atoms with E-state index in [4.69, 9.17) is 11.6 Å². The quantitative estimate of drug-likeness (QED) is 0.801. The second-order valence-electron chi connectivity index (χ2n) is 6.56. The molecule has 0 spiro atoms. The SMILES string of the molecule is CC1(C)CCCC(CO)(Nc2ccccc2Cl)CC1. The Morgan fingerprint density at radius 2 is 1.89 bits per heavy atom. The third-order valence-electron chi connectivity index (χ3n) is 4.37. The Hall–Kier alpha value is -0.730. The van der Waals surface area contributed by atoms with Crippen LogP contribution in [0.25, 0.3) is 0 Å². The standard InChI is InChI=1S/C16H24ClNO/c1-15(2)8-5-9-16(12-19,11-10-15)18-14-7-4-3-6-13(14)17/h3-4,6-7,18-19H,5,8-12H2,1-2H3. The zero-order valence-electron chi connectivity index (χ0n) is 11.9. The van der Waals surface area contributed by atoms with E-state index in [0.717, 1.165) is 36.4 Å². The van der Waals surface area contributed by atoms with E-state index in [1.165, 1.54) is 6.42 Å². The van der Waals surface area contributed by atoms with Crippen molar-refractivity contribution in [3.8, 4) is 0 Å². The average molecular weight is 282 g/mol. The molecule has 0 amide bonds. The van der Waals surface area contributed by atoms with Crippen LogP contribution in [0.3, 0.4) is 0 Å². The minimum Gasteiger partial charge on any atom is -0.394 e.